The highest BCUT2D eigenvalue weighted by molar-refractivity contribution is 5.90. The van der Waals surface area contributed by atoms with E-state index in [0.717, 1.165) is 11.0 Å². The smallest absolute Gasteiger partial charge is 0.321 e. The molecule has 0 aliphatic heterocycles. The molecule has 0 atom stereocenters. The van der Waals surface area contributed by atoms with Crippen LogP contribution in [0.15, 0.2) is 24.3 Å². The van der Waals surface area contributed by atoms with Crippen molar-refractivity contribution in [3.63, 3.8) is 0 Å². The van der Waals surface area contributed by atoms with E-state index in [9.17, 15) is 9.59 Å². The summed E-state index contributed by atoms with van der Waals surface area (Å²) in [6.45, 7) is 2.54. The van der Waals surface area contributed by atoms with Crippen molar-refractivity contribution >= 4 is 29.0 Å². The van der Waals surface area contributed by atoms with E-state index in [1.807, 2.05) is 35.9 Å². The van der Waals surface area contributed by atoms with Gasteiger partial charge in [0.25, 0.3) is 0 Å². The Morgan fingerprint density at radius 1 is 1.32 bits per heavy atom. The molecule has 0 saturated heterocycles. The second kappa shape index (κ2) is 7.44. The van der Waals surface area contributed by atoms with Crippen LogP contribution < -0.4 is 10.6 Å². The van der Waals surface area contributed by atoms with Gasteiger partial charge in [-0.25, -0.2) is 9.78 Å². The van der Waals surface area contributed by atoms with E-state index in [4.69, 9.17) is 4.74 Å². The number of fused-ring (bicyclic) bond motifs is 1. The Bertz CT molecular complexity index is 666. The van der Waals surface area contributed by atoms with Crippen molar-refractivity contribution in [2.75, 3.05) is 18.5 Å². The molecular formula is C15H20N4O3. The van der Waals surface area contributed by atoms with Crippen molar-refractivity contribution in [1.82, 2.24) is 14.9 Å². The number of rotatable bonds is 6. The average Bonchev–Trinajstić information content (AvgIpc) is 2.81. The number of benzene rings is 1. The predicted molar refractivity (Wildman–Crippen MR) is 83.6 cm³/mol. The monoisotopic (exact) mass is 304 g/mol. The Labute approximate surface area is 128 Å². The predicted octanol–water partition coefficient (Wildman–Crippen LogP) is 2.04. The number of imidazole rings is 1. The molecule has 1 heterocycles. The number of hydrogen-bond acceptors (Lipinski definition) is 4. The number of anilines is 1. The second-order valence-corrected chi connectivity index (χ2v) is 4.77. The van der Waals surface area contributed by atoms with Crippen LogP contribution in [-0.4, -0.2) is 34.7 Å². The number of nitrogens with one attached hydrogen (secondary N) is 2. The van der Waals surface area contributed by atoms with Gasteiger partial charge in [-0.3, -0.25) is 10.1 Å². The van der Waals surface area contributed by atoms with Gasteiger partial charge in [0.1, 0.15) is 0 Å². The van der Waals surface area contributed by atoms with Gasteiger partial charge in [-0.1, -0.05) is 12.1 Å². The topological polar surface area (TPSA) is 85.2 Å². The Kier molecular flexibility index (Phi) is 5.35. The number of nitrogens with zero attached hydrogens (tertiary/aromatic N) is 2. The molecule has 0 unspecified atom stereocenters. The molecule has 2 N–H and O–H groups in total. The first kappa shape index (κ1) is 15.8. The van der Waals surface area contributed by atoms with E-state index in [1.165, 1.54) is 0 Å². The molecular weight excluding hydrogens is 284 g/mol. The first-order valence-corrected chi connectivity index (χ1v) is 7.23. The van der Waals surface area contributed by atoms with Gasteiger partial charge in [-0.05, 0) is 25.5 Å². The molecule has 0 fully saturated rings. The van der Waals surface area contributed by atoms with Crippen LogP contribution in [0, 0.1) is 0 Å². The third-order valence-electron chi connectivity index (χ3n) is 3.16. The summed E-state index contributed by atoms with van der Waals surface area (Å²) in [5.74, 6) is 0.226. The number of amides is 2. The normalized spacial score (nSPS) is 10.5. The zero-order valence-electron chi connectivity index (χ0n) is 12.8. The van der Waals surface area contributed by atoms with Gasteiger partial charge in [0.2, 0.25) is 5.95 Å². The van der Waals surface area contributed by atoms with Gasteiger partial charge in [0.15, 0.2) is 0 Å². The average molecular weight is 304 g/mol. The summed E-state index contributed by atoms with van der Waals surface area (Å²) in [5, 5.41) is 5.39. The molecule has 118 valence electrons. The molecule has 2 aromatic rings. The summed E-state index contributed by atoms with van der Waals surface area (Å²) in [6, 6.07) is 7.29. The van der Waals surface area contributed by atoms with E-state index >= 15 is 0 Å². The minimum Gasteiger partial charge on any atom is -0.466 e. The lowest BCUT2D eigenvalue weighted by atomic mass is 10.3. The lowest BCUT2D eigenvalue weighted by molar-refractivity contribution is -0.143. The molecule has 1 aromatic carbocycles. The lowest BCUT2D eigenvalue weighted by Gasteiger charge is -2.07. The molecule has 2 amide bonds. The molecule has 0 spiro atoms. The number of carbonyl (C=O) groups is 2. The summed E-state index contributed by atoms with van der Waals surface area (Å²) >= 11 is 0. The number of para-hydroxylation sites is 2. The number of urea groups is 1. The molecule has 0 aliphatic rings. The fourth-order valence-electron chi connectivity index (χ4n) is 2.07. The van der Waals surface area contributed by atoms with Crippen molar-refractivity contribution < 1.29 is 14.3 Å². The first-order valence-electron chi connectivity index (χ1n) is 7.23. The molecule has 0 radical (unpaired) electrons. The van der Waals surface area contributed by atoms with Crippen LogP contribution >= 0.6 is 0 Å². The Morgan fingerprint density at radius 3 is 2.82 bits per heavy atom. The van der Waals surface area contributed by atoms with Crippen LogP contribution in [0.3, 0.4) is 0 Å². The molecule has 0 aliphatic carbocycles. The van der Waals surface area contributed by atoms with Crippen molar-refractivity contribution in [2.45, 2.75) is 19.8 Å². The van der Waals surface area contributed by atoms with Gasteiger partial charge in [-0.2, -0.15) is 0 Å². The second-order valence-electron chi connectivity index (χ2n) is 4.77. The molecule has 7 heteroatoms. The van der Waals surface area contributed by atoms with Crippen LogP contribution in [0.25, 0.3) is 11.0 Å². The fourth-order valence-corrected chi connectivity index (χ4v) is 2.07. The van der Waals surface area contributed by atoms with E-state index in [1.54, 1.807) is 6.92 Å². The van der Waals surface area contributed by atoms with Crippen LogP contribution in [0.4, 0.5) is 10.7 Å². The van der Waals surface area contributed by atoms with E-state index in [-0.39, 0.29) is 12.0 Å². The van der Waals surface area contributed by atoms with Crippen LogP contribution in [0.5, 0.6) is 0 Å². The summed E-state index contributed by atoms with van der Waals surface area (Å²) in [6.07, 6.45) is 0.829. The Hall–Kier alpha value is -2.57. The third-order valence-corrected chi connectivity index (χ3v) is 3.16. The quantitative estimate of drug-likeness (QED) is 0.631. The maximum Gasteiger partial charge on any atom is 0.321 e. The largest absolute Gasteiger partial charge is 0.466 e. The SMILES string of the molecule is CCOC(=O)CCCNC(=O)Nc1nc2ccccc2n1C. The minimum atomic E-state index is -0.345. The summed E-state index contributed by atoms with van der Waals surface area (Å²) < 4.78 is 6.63. The molecule has 1 aromatic heterocycles. The summed E-state index contributed by atoms with van der Waals surface area (Å²) in [5.41, 5.74) is 1.77. The highest BCUT2D eigenvalue weighted by Gasteiger charge is 2.10. The summed E-state index contributed by atoms with van der Waals surface area (Å²) in [4.78, 5) is 27.3. The van der Waals surface area contributed by atoms with E-state index in [2.05, 4.69) is 15.6 Å². The van der Waals surface area contributed by atoms with E-state index in [0.29, 0.717) is 31.9 Å². The molecule has 2 rings (SSSR count). The molecule has 7 nitrogen and oxygen atoms in total. The molecule has 22 heavy (non-hydrogen) atoms. The standard InChI is InChI=1S/C15H20N4O3/c1-3-22-13(20)9-6-10-16-15(21)18-14-17-11-7-4-5-8-12(11)19(14)2/h4-5,7-8H,3,6,9-10H2,1-2H3,(H2,16,17,18,21). The number of aryl methyl sites for hydroxylation is 1. The maximum absolute atomic E-state index is 11.8. The molecule has 0 bridgehead atoms. The Balaban J connectivity index is 1.81. The Morgan fingerprint density at radius 2 is 2.09 bits per heavy atom. The number of aromatic nitrogens is 2. The number of carbonyl (C=O) groups excluding carboxylic acids is 2. The van der Waals surface area contributed by atoms with Crippen LogP contribution in [-0.2, 0) is 16.6 Å². The number of esters is 1. The minimum absolute atomic E-state index is 0.250. The lowest BCUT2D eigenvalue weighted by Crippen LogP contribution is -2.30. The van der Waals surface area contributed by atoms with Crippen molar-refractivity contribution in [2.24, 2.45) is 7.05 Å². The third kappa shape index (κ3) is 3.97. The van der Waals surface area contributed by atoms with Crippen molar-refractivity contribution in [3.05, 3.63) is 24.3 Å². The van der Waals surface area contributed by atoms with Gasteiger partial charge in [0, 0.05) is 20.0 Å². The zero-order chi connectivity index (χ0) is 15.9. The van der Waals surface area contributed by atoms with Crippen molar-refractivity contribution in [1.29, 1.82) is 0 Å². The van der Waals surface area contributed by atoms with Gasteiger partial charge < -0.3 is 14.6 Å². The number of hydrogen-bond donors (Lipinski definition) is 2. The first-order chi connectivity index (χ1) is 10.6. The maximum atomic E-state index is 11.8. The van der Waals surface area contributed by atoms with Crippen molar-refractivity contribution in [3.8, 4) is 0 Å². The fraction of sp³-hybridized carbons (Fsp3) is 0.400. The molecule has 0 saturated carbocycles. The zero-order valence-corrected chi connectivity index (χ0v) is 12.8. The van der Waals surface area contributed by atoms with Gasteiger partial charge >= 0.3 is 12.0 Å². The summed E-state index contributed by atoms with van der Waals surface area (Å²) in [7, 11) is 1.84. The van der Waals surface area contributed by atoms with Crippen LogP contribution in [0.1, 0.15) is 19.8 Å². The van der Waals surface area contributed by atoms with E-state index < -0.39 is 0 Å². The van der Waals surface area contributed by atoms with Gasteiger partial charge in [-0.15, -0.1) is 0 Å². The highest BCUT2D eigenvalue weighted by atomic mass is 16.5. The van der Waals surface area contributed by atoms with Gasteiger partial charge in [0.05, 0.1) is 17.6 Å². The van der Waals surface area contributed by atoms with Crippen LogP contribution in [0.2, 0.25) is 0 Å². The highest BCUT2D eigenvalue weighted by Crippen LogP contribution is 2.17. The number of ether oxygens (including phenoxy) is 1.